The molecule has 0 spiro atoms. The van der Waals surface area contributed by atoms with Gasteiger partial charge in [-0.3, -0.25) is 0 Å². The largest absolute Gasteiger partial charge is 0.384 e. The molecule has 2 nitrogen and oxygen atoms in total. The van der Waals surface area contributed by atoms with Gasteiger partial charge in [-0.25, -0.2) is 4.98 Å². The Labute approximate surface area is 91.9 Å². The van der Waals surface area contributed by atoms with Crippen LogP contribution in [0.5, 0.6) is 0 Å². The van der Waals surface area contributed by atoms with Gasteiger partial charge in [0.25, 0.3) is 0 Å². The highest BCUT2D eigenvalue weighted by atomic mass is 127. The van der Waals surface area contributed by atoms with Crippen LogP contribution in [0.2, 0.25) is 5.02 Å². The van der Waals surface area contributed by atoms with Crippen molar-refractivity contribution < 1.29 is 0 Å². The maximum Gasteiger partial charge on any atom is 0.125 e. The number of pyridine rings is 1. The lowest BCUT2D eigenvalue weighted by Crippen LogP contribution is -1.88. The highest BCUT2D eigenvalue weighted by Gasteiger charge is 2.05. The molecule has 0 fully saturated rings. The lowest BCUT2D eigenvalue weighted by molar-refractivity contribution is 1.43. The van der Waals surface area contributed by atoms with Crippen molar-refractivity contribution in [2.75, 3.05) is 5.73 Å². The topological polar surface area (TPSA) is 38.9 Å². The molecular weight excluding hydrogens is 307 g/mol. The molecule has 0 aliphatic rings. The van der Waals surface area contributed by atoms with Gasteiger partial charge in [-0.2, -0.15) is 0 Å². The molecule has 0 aromatic carbocycles. The van der Waals surface area contributed by atoms with Crippen molar-refractivity contribution in [2.24, 2.45) is 0 Å². The highest BCUT2D eigenvalue weighted by molar-refractivity contribution is 14.1. The van der Waals surface area contributed by atoms with Crippen molar-refractivity contribution in [3.05, 3.63) is 20.0 Å². The Morgan fingerprint density at radius 1 is 1.50 bits per heavy atom. The molecule has 2 N–H and O–H groups in total. The maximum absolute atomic E-state index is 5.96. The van der Waals surface area contributed by atoms with Gasteiger partial charge in [0.1, 0.15) is 5.82 Å². The highest BCUT2D eigenvalue weighted by Crippen LogP contribution is 2.32. The van der Waals surface area contributed by atoms with Gasteiger partial charge in [0.05, 0.1) is 18.1 Å². The van der Waals surface area contributed by atoms with E-state index < -0.39 is 0 Å². The van der Waals surface area contributed by atoms with E-state index in [1.807, 2.05) is 6.07 Å². The lowest BCUT2D eigenvalue weighted by Gasteiger charge is -1.94. The number of hydrogen-bond acceptors (Lipinski definition) is 3. The Balaban J connectivity index is 2.88. The Kier molecular flexibility index (Phi) is 2.14. The van der Waals surface area contributed by atoms with E-state index in [0.29, 0.717) is 10.8 Å². The monoisotopic (exact) mass is 310 g/mol. The second-order valence-corrected chi connectivity index (χ2v) is 5.65. The summed E-state index contributed by atoms with van der Waals surface area (Å²) in [5.74, 6) is 0.474. The summed E-state index contributed by atoms with van der Waals surface area (Å²) < 4.78 is 2.18. The summed E-state index contributed by atoms with van der Waals surface area (Å²) in [6.45, 7) is 0. The minimum atomic E-state index is 0.474. The third-order valence-corrected chi connectivity index (χ3v) is 3.75. The fourth-order valence-electron chi connectivity index (χ4n) is 0.973. The summed E-state index contributed by atoms with van der Waals surface area (Å²) in [6, 6.07) is 3.65. The smallest absolute Gasteiger partial charge is 0.125 e. The van der Waals surface area contributed by atoms with Crippen LogP contribution in [0.15, 0.2) is 12.1 Å². The van der Waals surface area contributed by atoms with E-state index >= 15 is 0 Å². The van der Waals surface area contributed by atoms with Gasteiger partial charge in [-0.05, 0) is 28.7 Å². The molecule has 2 aromatic heterocycles. The normalized spacial score (nSPS) is 10.8. The van der Waals surface area contributed by atoms with Crippen LogP contribution in [-0.2, 0) is 0 Å². The first-order valence-electron chi connectivity index (χ1n) is 3.18. The van der Waals surface area contributed by atoms with E-state index in [1.54, 1.807) is 17.4 Å². The van der Waals surface area contributed by atoms with Crippen molar-refractivity contribution in [1.29, 1.82) is 0 Å². The van der Waals surface area contributed by atoms with Crippen LogP contribution in [0.3, 0.4) is 0 Å². The van der Waals surface area contributed by atoms with Crippen molar-refractivity contribution in [3.63, 3.8) is 0 Å². The van der Waals surface area contributed by atoms with Crippen LogP contribution in [-0.4, -0.2) is 4.98 Å². The second kappa shape index (κ2) is 3.01. The average molecular weight is 311 g/mol. The third kappa shape index (κ3) is 1.38. The molecule has 0 saturated carbocycles. The van der Waals surface area contributed by atoms with Crippen molar-refractivity contribution >= 4 is 61.6 Å². The van der Waals surface area contributed by atoms with E-state index in [9.17, 15) is 0 Å². The molecule has 0 bridgehead atoms. The molecule has 0 atom stereocenters. The van der Waals surface area contributed by atoms with Crippen LogP contribution >= 0.6 is 45.5 Å². The molecular formula is C7H4ClIN2S. The predicted molar refractivity (Wildman–Crippen MR) is 61.8 cm³/mol. The van der Waals surface area contributed by atoms with Crippen molar-refractivity contribution in [3.8, 4) is 0 Å². The van der Waals surface area contributed by atoms with Gasteiger partial charge < -0.3 is 5.73 Å². The van der Waals surface area contributed by atoms with E-state index in [2.05, 4.69) is 27.6 Å². The Bertz CT molecular complexity index is 440. The molecule has 0 unspecified atom stereocenters. The predicted octanol–water partition coefficient (Wildman–Crippen LogP) is 3.14. The summed E-state index contributed by atoms with van der Waals surface area (Å²) in [7, 11) is 0. The van der Waals surface area contributed by atoms with E-state index in [0.717, 1.165) is 10.2 Å². The van der Waals surface area contributed by atoms with Gasteiger partial charge >= 0.3 is 0 Å². The van der Waals surface area contributed by atoms with Gasteiger partial charge in [0.2, 0.25) is 0 Å². The third-order valence-electron chi connectivity index (χ3n) is 1.42. The average Bonchev–Trinajstić information content (AvgIpc) is 2.29. The van der Waals surface area contributed by atoms with Gasteiger partial charge in [0.15, 0.2) is 0 Å². The zero-order chi connectivity index (χ0) is 8.72. The minimum absolute atomic E-state index is 0.474. The molecule has 0 radical (unpaired) electrons. The van der Waals surface area contributed by atoms with Crippen LogP contribution in [0, 0.1) is 2.88 Å². The first-order valence-corrected chi connectivity index (χ1v) is 5.45. The number of anilines is 1. The molecule has 62 valence electrons. The Morgan fingerprint density at radius 3 is 3.00 bits per heavy atom. The number of rotatable bonds is 0. The summed E-state index contributed by atoms with van der Waals surface area (Å²) in [5.41, 5.74) is 6.42. The molecule has 0 amide bonds. The molecule has 2 rings (SSSR count). The fourth-order valence-corrected chi connectivity index (χ4v) is 2.98. The van der Waals surface area contributed by atoms with Gasteiger partial charge in [0, 0.05) is 6.07 Å². The first-order chi connectivity index (χ1) is 5.66. The van der Waals surface area contributed by atoms with Crippen LogP contribution in [0.4, 0.5) is 5.82 Å². The van der Waals surface area contributed by atoms with Crippen LogP contribution < -0.4 is 5.73 Å². The fraction of sp³-hybridized carbons (Fsp3) is 0. The number of thiophene rings is 1. The molecule has 5 heteroatoms. The minimum Gasteiger partial charge on any atom is -0.384 e. The van der Waals surface area contributed by atoms with Crippen molar-refractivity contribution in [1.82, 2.24) is 4.98 Å². The molecule has 0 aliphatic heterocycles. The molecule has 0 aliphatic carbocycles. The van der Waals surface area contributed by atoms with Gasteiger partial charge in [-0.15, -0.1) is 11.3 Å². The van der Waals surface area contributed by atoms with E-state index in [1.165, 1.54) is 2.88 Å². The van der Waals surface area contributed by atoms with Crippen LogP contribution in [0.1, 0.15) is 0 Å². The SMILES string of the molecule is Nc1cc(Cl)c2sc(I)cc2n1. The number of nitrogens with two attached hydrogens (primary N) is 1. The molecule has 0 saturated heterocycles. The quantitative estimate of drug-likeness (QED) is 0.759. The second-order valence-electron chi connectivity index (χ2n) is 2.29. The molecule has 2 aromatic rings. The summed E-state index contributed by atoms with van der Waals surface area (Å²) in [6.07, 6.45) is 0. The van der Waals surface area contributed by atoms with Crippen LogP contribution in [0.25, 0.3) is 10.2 Å². The zero-order valence-corrected chi connectivity index (χ0v) is 9.57. The lowest BCUT2D eigenvalue weighted by atomic mass is 10.4. The van der Waals surface area contributed by atoms with Crippen molar-refractivity contribution in [2.45, 2.75) is 0 Å². The zero-order valence-electron chi connectivity index (χ0n) is 5.84. The molecule has 12 heavy (non-hydrogen) atoms. The van der Waals surface area contributed by atoms with E-state index in [-0.39, 0.29) is 0 Å². The first kappa shape index (κ1) is 8.52. The number of fused-ring (bicyclic) bond motifs is 1. The number of nitrogen functional groups attached to an aromatic ring is 1. The molecule has 2 heterocycles. The Hall–Kier alpha value is -0.0700. The van der Waals surface area contributed by atoms with Gasteiger partial charge in [-0.1, -0.05) is 11.6 Å². The number of hydrogen-bond donors (Lipinski definition) is 1. The standard InChI is InChI=1S/C7H4ClIN2S/c8-3-1-6(10)11-4-2-5(9)12-7(3)4/h1-2H,(H2,10,11). The van der Waals surface area contributed by atoms with E-state index in [4.69, 9.17) is 17.3 Å². The summed E-state index contributed by atoms with van der Waals surface area (Å²) in [4.78, 5) is 4.16. The number of aromatic nitrogens is 1. The summed E-state index contributed by atoms with van der Waals surface area (Å²) in [5, 5.41) is 0.686. The number of halogens is 2. The maximum atomic E-state index is 5.96. The Morgan fingerprint density at radius 2 is 2.25 bits per heavy atom. The number of nitrogens with zero attached hydrogens (tertiary/aromatic N) is 1. The summed E-state index contributed by atoms with van der Waals surface area (Å²) >= 11 is 9.83.